The van der Waals surface area contributed by atoms with Gasteiger partial charge in [-0.25, -0.2) is 13.6 Å². The molecule has 1 aliphatic carbocycles. The molecular formula is C13H19NO4S. The normalized spacial score (nSPS) is 23.5. The third-order valence-electron chi connectivity index (χ3n) is 3.45. The minimum atomic E-state index is -3.42. The molecule has 19 heavy (non-hydrogen) atoms. The van der Waals surface area contributed by atoms with Crippen LogP contribution in [-0.2, 0) is 21.4 Å². The van der Waals surface area contributed by atoms with E-state index in [2.05, 4.69) is 0 Å². The molecule has 6 heteroatoms. The summed E-state index contributed by atoms with van der Waals surface area (Å²) in [5.41, 5.74) is 1.04. The molecule has 0 amide bonds. The number of benzene rings is 1. The summed E-state index contributed by atoms with van der Waals surface area (Å²) in [5, 5.41) is 4.69. The van der Waals surface area contributed by atoms with Gasteiger partial charge in [0.2, 0.25) is 10.0 Å². The first-order valence-electron chi connectivity index (χ1n) is 6.25. The third-order valence-corrected chi connectivity index (χ3v) is 4.80. The molecule has 1 aliphatic rings. The van der Waals surface area contributed by atoms with E-state index in [0.29, 0.717) is 19.4 Å². The molecule has 0 aromatic heterocycles. The Morgan fingerprint density at radius 1 is 1.26 bits per heavy atom. The first-order chi connectivity index (χ1) is 8.99. The minimum absolute atomic E-state index is 0.0228. The van der Waals surface area contributed by atoms with Crippen molar-refractivity contribution in [3.63, 3.8) is 0 Å². The fourth-order valence-corrected chi connectivity index (χ4v) is 3.23. The molecule has 0 radical (unpaired) electrons. The molecule has 1 saturated carbocycles. The highest BCUT2D eigenvalue weighted by Crippen LogP contribution is 2.27. The molecule has 106 valence electrons. The summed E-state index contributed by atoms with van der Waals surface area (Å²) < 4.78 is 33.3. The molecule has 0 heterocycles. The highest BCUT2D eigenvalue weighted by molar-refractivity contribution is 7.89. The summed E-state index contributed by atoms with van der Waals surface area (Å²) in [6.07, 6.45) is 1.81. The molecule has 0 aliphatic heterocycles. The second kappa shape index (κ2) is 5.90. The van der Waals surface area contributed by atoms with Gasteiger partial charge in [0.05, 0.1) is 25.1 Å². The van der Waals surface area contributed by atoms with Gasteiger partial charge < -0.3 is 9.47 Å². The quantitative estimate of drug-likeness (QED) is 0.887. The van der Waals surface area contributed by atoms with Crippen LogP contribution in [0.3, 0.4) is 0 Å². The van der Waals surface area contributed by atoms with Crippen LogP contribution in [0.1, 0.15) is 24.8 Å². The lowest BCUT2D eigenvalue weighted by Crippen LogP contribution is -2.26. The van der Waals surface area contributed by atoms with Crippen LogP contribution >= 0.6 is 0 Å². The van der Waals surface area contributed by atoms with E-state index in [1.165, 1.54) is 0 Å². The Hall–Kier alpha value is -1.11. The fourth-order valence-electron chi connectivity index (χ4n) is 2.29. The van der Waals surface area contributed by atoms with Crippen LogP contribution in [0.25, 0.3) is 0 Å². The van der Waals surface area contributed by atoms with E-state index in [0.717, 1.165) is 17.7 Å². The van der Waals surface area contributed by atoms with E-state index >= 15 is 0 Å². The Bertz CT molecular complexity index is 512. The zero-order valence-corrected chi connectivity index (χ0v) is 11.7. The van der Waals surface area contributed by atoms with Crippen molar-refractivity contribution < 1.29 is 17.9 Å². The molecule has 2 rings (SSSR count). The molecule has 0 spiro atoms. The number of methoxy groups -OCH3 is 1. The van der Waals surface area contributed by atoms with Crippen molar-refractivity contribution in [3.05, 3.63) is 29.8 Å². The van der Waals surface area contributed by atoms with Gasteiger partial charge in [0, 0.05) is 0 Å². The van der Waals surface area contributed by atoms with Crippen LogP contribution in [0.4, 0.5) is 0 Å². The lowest BCUT2D eigenvalue weighted by Gasteiger charge is -2.12. The third kappa shape index (κ3) is 3.92. The molecule has 0 saturated heterocycles. The van der Waals surface area contributed by atoms with Gasteiger partial charge in [0.15, 0.2) is 0 Å². The zero-order chi connectivity index (χ0) is 13.9. The van der Waals surface area contributed by atoms with Crippen LogP contribution in [0.15, 0.2) is 24.3 Å². The molecule has 1 aromatic rings. The average Bonchev–Trinajstić information content (AvgIpc) is 2.86. The lowest BCUT2D eigenvalue weighted by molar-refractivity contribution is 0.0458. The Balaban J connectivity index is 1.83. The van der Waals surface area contributed by atoms with E-state index in [4.69, 9.17) is 14.6 Å². The Kier molecular flexibility index (Phi) is 4.44. The number of hydrogen-bond donors (Lipinski definition) is 1. The monoisotopic (exact) mass is 285 g/mol. The summed E-state index contributed by atoms with van der Waals surface area (Å²) >= 11 is 0. The predicted molar refractivity (Wildman–Crippen MR) is 72.3 cm³/mol. The molecule has 1 aromatic carbocycles. The molecule has 1 fully saturated rings. The van der Waals surface area contributed by atoms with Crippen molar-refractivity contribution in [1.29, 1.82) is 0 Å². The van der Waals surface area contributed by atoms with Crippen molar-refractivity contribution in [3.8, 4) is 5.75 Å². The van der Waals surface area contributed by atoms with Gasteiger partial charge >= 0.3 is 0 Å². The molecular weight excluding hydrogens is 266 g/mol. The van der Waals surface area contributed by atoms with Crippen molar-refractivity contribution in [1.82, 2.24) is 0 Å². The first kappa shape index (κ1) is 14.3. The smallest absolute Gasteiger partial charge is 0.212 e. The molecule has 2 N–H and O–H groups in total. The van der Waals surface area contributed by atoms with Crippen molar-refractivity contribution >= 4 is 10.0 Å². The van der Waals surface area contributed by atoms with Crippen LogP contribution in [-0.4, -0.2) is 26.9 Å². The van der Waals surface area contributed by atoms with Crippen molar-refractivity contribution in [2.75, 3.05) is 7.11 Å². The topological polar surface area (TPSA) is 78.6 Å². The van der Waals surface area contributed by atoms with E-state index in [1.807, 2.05) is 24.3 Å². The first-order valence-corrected chi connectivity index (χ1v) is 7.86. The van der Waals surface area contributed by atoms with E-state index in [-0.39, 0.29) is 6.10 Å². The minimum Gasteiger partial charge on any atom is -0.497 e. The fraction of sp³-hybridized carbons (Fsp3) is 0.538. The Labute approximate surface area is 113 Å². The standard InChI is InChI=1S/C13H19NO4S/c1-17-11-4-2-10(3-5-11)9-18-12-6-7-13(8-12)19(14,15)16/h2-5,12-13H,6-9H2,1H3,(H2,14,15,16)/t12-,13?/m0/s1. The van der Waals surface area contributed by atoms with Gasteiger partial charge in [-0.1, -0.05) is 12.1 Å². The van der Waals surface area contributed by atoms with Crippen molar-refractivity contribution in [2.24, 2.45) is 5.14 Å². The van der Waals surface area contributed by atoms with E-state index in [9.17, 15) is 8.42 Å². The number of hydrogen-bond acceptors (Lipinski definition) is 4. The van der Waals surface area contributed by atoms with Crippen LogP contribution in [0.5, 0.6) is 5.75 Å². The number of rotatable bonds is 5. The summed E-state index contributed by atoms with van der Waals surface area (Å²) in [6, 6.07) is 7.62. The summed E-state index contributed by atoms with van der Waals surface area (Å²) in [6.45, 7) is 0.478. The van der Waals surface area contributed by atoms with Crippen LogP contribution < -0.4 is 9.88 Å². The van der Waals surface area contributed by atoms with Crippen molar-refractivity contribution in [2.45, 2.75) is 37.2 Å². The molecule has 2 atom stereocenters. The summed E-state index contributed by atoms with van der Waals surface area (Å²) in [4.78, 5) is 0. The van der Waals surface area contributed by atoms with Gasteiger partial charge in [-0.2, -0.15) is 0 Å². The summed E-state index contributed by atoms with van der Waals surface area (Å²) in [5.74, 6) is 0.805. The predicted octanol–water partition coefficient (Wildman–Crippen LogP) is 1.42. The second-order valence-electron chi connectivity index (χ2n) is 4.81. The SMILES string of the molecule is COc1ccc(CO[C@H]2CCC(S(N)(=O)=O)C2)cc1. The Morgan fingerprint density at radius 3 is 2.47 bits per heavy atom. The van der Waals surface area contributed by atoms with Crippen LogP contribution in [0, 0.1) is 0 Å². The highest BCUT2D eigenvalue weighted by atomic mass is 32.2. The van der Waals surface area contributed by atoms with E-state index in [1.54, 1.807) is 7.11 Å². The number of primary sulfonamides is 1. The largest absolute Gasteiger partial charge is 0.497 e. The Morgan fingerprint density at radius 2 is 1.95 bits per heavy atom. The average molecular weight is 285 g/mol. The van der Waals surface area contributed by atoms with Crippen LogP contribution in [0.2, 0.25) is 0 Å². The second-order valence-corrected chi connectivity index (χ2v) is 6.65. The molecule has 5 nitrogen and oxygen atoms in total. The lowest BCUT2D eigenvalue weighted by atomic mass is 10.2. The molecule has 0 bridgehead atoms. The zero-order valence-electron chi connectivity index (χ0n) is 10.9. The highest BCUT2D eigenvalue weighted by Gasteiger charge is 2.32. The maximum absolute atomic E-state index is 11.2. The number of sulfonamides is 1. The molecule has 1 unspecified atom stereocenters. The number of nitrogens with two attached hydrogens (primary N) is 1. The maximum Gasteiger partial charge on any atom is 0.212 e. The van der Waals surface area contributed by atoms with Gasteiger partial charge in [-0.3, -0.25) is 0 Å². The van der Waals surface area contributed by atoms with Gasteiger partial charge in [0.25, 0.3) is 0 Å². The van der Waals surface area contributed by atoms with Gasteiger partial charge in [-0.15, -0.1) is 0 Å². The van der Waals surface area contributed by atoms with Gasteiger partial charge in [-0.05, 0) is 37.0 Å². The summed E-state index contributed by atoms with van der Waals surface area (Å²) in [7, 11) is -1.80. The number of ether oxygens (including phenoxy) is 2. The maximum atomic E-state index is 11.2. The van der Waals surface area contributed by atoms with Gasteiger partial charge in [0.1, 0.15) is 5.75 Å². The van der Waals surface area contributed by atoms with E-state index < -0.39 is 15.3 Å².